The number of carbonyl (C=O) groups excluding carboxylic acids is 3. The number of β-amino-alcohol motifs (C(OH)–C–C–N with tert-alkyl or cyclic N) is 1. The van der Waals surface area contributed by atoms with Crippen molar-refractivity contribution in [3.63, 3.8) is 0 Å². The summed E-state index contributed by atoms with van der Waals surface area (Å²) in [6.07, 6.45) is 2.62. The molecule has 3 amide bonds. The molecule has 0 saturated carbocycles. The first-order valence-corrected chi connectivity index (χ1v) is 12.9. The Bertz CT molecular complexity index is 897. The topological polar surface area (TPSA) is 98.7 Å². The second-order valence-electron chi connectivity index (χ2n) is 9.71. The summed E-state index contributed by atoms with van der Waals surface area (Å²) in [7, 11) is 0. The number of aliphatic hydroxyl groups excluding tert-OH is 1. The van der Waals surface area contributed by atoms with Crippen LogP contribution < -0.4 is 10.6 Å². The maximum absolute atomic E-state index is 13.7. The highest BCUT2D eigenvalue weighted by Gasteiger charge is 2.75. The Balaban J connectivity index is 1.61. The Hall–Kier alpha value is -2.06. The Kier molecular flexibility index (Phi) is 7.05. The Morgan fingerprint density at radius 1 is 1.27 bits per heavy atom. The van der Waals surface area contributed by atoms with Crippen LogP contribution in [-0.4, -0.2) is 63.0 Å². The molecule has 3 heterocycles. The van der Waals surface area contributed by atoms with Gasteiger partial charge in [0.2, 0.25) is 17.7 Å². The Morgan fingerprint density at radius 3 is 2.67 bits per heavy atom. The van der Waals surface area contributed by atoms with Crippen LogP contribution in [-0.2, 0) is 20.9 Å². The first-order valence-electron chi connectivity index (χ1n) is 12.1. The average Bonchev–Trinajstić information content (AvgIpc) is 3.37. The molecule has 3 aliphatic rings. The normalized spacial score (nSPS) is 33.2. The van der Waals surface area contributed by atoms with Gasteiger partial charge in [-0.2, -0.15) is 0 Å². The molecule has 33 heavy (non-hydrogen) atoms. The molecule has 0 radical (unpaired) electrons. The number of fused-ring (bicyclic) bond motifs is 1. The molecule has 1 aromatic carbocycles. The van der Waals surface area contributed by atoms with E-state index in [9.17, 15) is 19.5 Å². The van der Waals surface area contributed by atoms with Crippen molar-refractivity contribution in [3.05, 3.63) is 35.9 Å². The van der Waals surface area contributed by atoms with Crippen LogP contribution in [0.3, 0.4) is 0 Å². The Labute approximate surface area is 200 Å². The zero-order valence-corrected chi connectivity index (χ0v) is 20.4. The molecule has 8 heteroatoms. The van der Waals surface area contributed by atoms with Gasteiger partial charge < -0.3 is 20.6 Å². The van der Waals surface area contributed by atoms with Gasteiger partial charge in [0.15, 0.2) is 0 Å². The molecule has 1 spiro atoms. The fourth-order valence-electron chi connectivity index (χ4n) is 6.20. The van der Waals surface area contributed by atoms with Crippen LogP contribution in [0.2, 0.25) is 0 Å². The summed E-state index contributed by atoms with van der Waals surface area (Å²) in [6.45, 7) is 6.46. The molecule has 180 valence electrons. The molecule has 3 N–H and O–H groups in total. The molecule has 3 fully saturated rings. The molecule has 0 aliphatic carbocycles. The zero-order valence-electron chi connectivity index (χ0n) is 19.6. The number of amides is 3. The van der Waals surface area contributed by atoms with Gasteiger partial charge in [0.25, 0.3) is 0 Å². The first-order chi connectivity index (χ1) is 15.8. The number of thioether (sulfide) groups is 1. The van der Waals surface area contributed by atoms with Crippen molar-refractivity contribution in [2.45, 2.75) is 68.7 Å². The lowest BCUT2D eigenvalue weighted by Gasteiger charge is -2.39. The second kappa shape index (κ2) is 9.66. The highest BCUT2D eigenvalue weighted by atomic mass is 32.2. The van der Waals surface area contributed by atoms with Crippen molar-refractivity contribution in [2.24, 2.45) is 17.8 Å². The second-order valence-corrected chi connectivity index (χ2v) is 11.3. The van der Waals surface area contributed by atoms with Gasteiger partial charge in [0.05, 0.1) is 23.2 Å². The van der Waals surface area contributed by atoms with Gasteiger partial charge in [-0.1, -0.05) is 50.6 Å². The number of likely N-dealkylation sites (tertiary alicyclic amines) is 1. The van der Waals surface area contributed by atoms with Crippen LogP contribution in [0.15, 0.2) is 30.3 Å². The van der Waals surface area contributed by atoms with Crippen molar-refractivity contribution < 1.29 is 19.5 Å². The molecular weight excluding hydrogens is 438 g/mol. The van der Waals surface area contributed by atoms with Gasteiger partial charge in [-0.3, -0.25) is 14.4 Å². The average molecular weight is 474 g/mol. The van der Waals surface area contributed by atoms with Crippen molar-refractivity contribution in [1.82, 2.24) is 15.5 Å². The molecule has 3 aliphatic heterocycles. The zero-order chi connectivity index (χ0) is 23.8. The minimum atomic E-state index is -0.668. The highest BCUT2D eigenvalue weighted by molar-refractivity contribution is 8.02. The summed E-state index contributed by atoms with van der Waals surface area (Å²) in [5.74, 6) is -1.34. The van der Waals surface area contributed by atoms with Crippen molar-refractivity contribution in [3.8, 4) is 0 Å². The van der Waals surface area contributed by atoms with Gasteiger partial charge >= 0.3 is 0 Å². The third-order valence-corrected chi connectivity index (χ3v) is 9.63. The van der Waals surface area contributed by atoms with Crippen LogP contribution >= 0.6 is 11.8 Å². The largest absolute Gasteiger partial charge is 0.395 e. The summed E-state index contributed by atoms with van der Waals surface area (Å²) < 4.78 is -0.637. The van der Waals surface area contributed by atoms with Crippen LogP contribution in [0, 0.1) is 17.8 Å². The fourth-order valence-corrected chi connectivity index (χ4v) is 8.62. The van der Waals surface area contributed by atoms with Crippen LogP contribution in [0.25, 0.3) is 0 Å². The standard InChI is InChI=1S/C25H35N3O4S/c1-4-8-16(3)27-23(31)21-25-15(2)13-18(33-25)19(20(25)24(32)28(21)11-12-29)22(30)26-14-17-9-6-5-7-10-17/h5-7,9-10,15-16,18-21,29H,4,8,11-14H2,1-3H3,(H,26,30)(H,27,31)/t15?,16?,18-,19+,20-,21?,25?/m0/s1. The van der Waals surface area contributed by atoms with Crippen molar-refractivity contribution in [1.29, 1.82) is 0 Å². The minimum Gasteiger partial charge on any atom is -0.395 e. The first kappa shape index (κ1) is 24.1. The van der Waals surface area contributed by atoms with E-state index in [4.69, 9.17) is 0 Å². The van der Waals surface area contributed by atoms with Crippen LogP contribution in [0.5, 0.6) is 0 Å². The van der Waals surface area contributed by atoms with E-state index in [1.54, 1.807) is 16.7 Å². The number of nitrogens with one attached hydrogen (secondary N) is 2. The highest BCUT2D eigenvalue weighted by Crippen LogP contribution is 2.68. The maximum atomic E-state index is 13.7. The predicted molar refractivity (Wildman–Crippen MR) is 128 cm³/mol. The quantitative estimate of drug-likeness (QED) is 0.509. The Morgan fingerprint density at radius 2 is 2.00 bits per heavy atom. The van der Waals surface area contributed by atoms with Gasteiger partial charge in [-0.15, -0.1) is 11.8 Å². The fraction of sp³-hybridized carbons (Fsp3) is 0.640. The van der Waals surface area contributed by atoms with Crippen LogP contribution in [0.4, 0.5) is 0 Å². The summed E-state index contributed by atoms with van der Waals surface area (Å²) >= 11 is 1.66. The van der Waals surface area contributed by atoms with E-state index >= 15 is 0 Å². The summed E-state index contributed by atoms with van der Waals surface area (Å²) in [6, 6.07) is 9.05. The molecule has 4 rings (SSSR count). The number of aliphatic hydroxyl groups is 1. The van der Waals surface area contributed by atoms with Gasteiger partial charge in [0.1, 0.15) is 6.04 Å². The number of carbonyl (C=O) groups is 3. The van der Waals surface area contributed by atoms with Gasteiger partial charge in [-0.25, -0.2) is 0 Å². The molecule has 0 aromatic heterocycles. The lowest BCUT2D eigenvalue weighted by molar-refractivity contribution is -0.140. The molecular formula is C25H35N3O4S. The SMILES string of the molecule is CCCC(C)NC(=O)C1N(CCO)C(=O)[C@@H]2[C@H](C(=O)NCc3ccccc3)[C@@H]3CC(C)C12S3. The maximum Gasteiger partial charge on any atom is 0.244 e. The number of nitrogens with zero attached hydrogens (tertiary/aromatic N) is 1. The van der Waals surface area contributed by atoms with Crippen molar-refractivity contribution in [2.75, 3.05) is 13.2 Å². The number of hydrogen-bond donors (Lipinski definition) is 3. The van der Waals surface area contributed by atoms with E-state index in [0.29, 0.717) is 6.54 Å². The van der Waals surface area contributed by atoms with Gasteiger partial charge in [-0.05, 0) is 31.2 Å². The number of benzene rings is 1. The number of rotatable bonds is 9. The van der Waals surface area contributed by atoms with E-state index in [-0.39, 0.29) is 48.1 Å². The van der Waals surface area contributed by atoms with E-state index in [1.165, 1.54) is 0 Å². The van der Waals surface area contributed by atoms with Gasteiger partial charge in [0, 0.05) is 24.4 Å². The molecule has 1 aromatic rings. The summed E-state index contributed by atoms with van der Waals surface area (Å²) in [4.78, 5) is 42.1. The monoisotopic (exact) mass is 473 g/mol. The third kappa shape index (κ3) is 4.05. The lowest BCUT2D eigenvalue weighted by atomic mass is 9.66. The molecule has 7 atom stereocenters. The number of hydrogen-bond acceptors (Lipinski definition) is 5. The lowest BCUT2D eigenvalue weighted by Crippen LogP contribution is -2.57. The molecule has 4 unspecified atom stereocenters. The van der Waals surface area contributed by atoms with E-state index in [1.807, 2.05) is 37.3 Å². The van der Waals surface area contributed by atoms with E-state index in [0.717, 1.165) is 24.8 Å². The summed E-state index contributed by atoms with van der Waals surface area (Å²) in [5, 5.41) is 15.8. The minimum absolute atomic E-state index is 0.00732. The van der Waals surface area contributed by atoms with Crippen LogP contribution in [0.1, 0.15) is 45.6 Å². The van der Waals surface area contributed by atoms with Crippen molar-refractivity contribution >= 4 is 29.5 Å². The third-order valence-electron chi connectivity index (χ3n) is 7.56. The van der Waals surface area contributed by atoms with E-state index < -0.39 is 22.6 Å². The molecule has 2 bridgehead atoms. The van der Waals surface area contributed by atoms with E-state index in [2.05, 4.69) is 24.5 Å². The summed E-state index contributed by atoms with van der Waals surface area (Å²) in [5.41, 5.74) is 1.01. The predicted octanol–water partition coefficient (Wildman–Crippen LogP) is 1.94. The molecule has 7 nitrogen and oxygen atoms in total. The smallest absolute Gasteiger partial charge is 0.244 e. The molecule has 3 saturated heterocycles.